The molecule has 1 aromatic carbocycles. The summed E-state index contributed by atoms with van der Waals surface area (Å²) in [4.78, 5) is 15.3. The predicted molar refractivity (Wildman–Crippen MR) is 85.7 cm³/mol. The number of aromatic nitrogens is 1. The van der Waals surface area contributed by atoms with Crippen LogP contribution in [0, 0.1) is 6.92 Å². The minimum Gasteiger partial charge on any atom is -0.495 e. The van der Waals surface area contributed by atoms with Gasteiger partial charge in [-0.25, -0.2) is 22.9 Å². The number of nitrogens with one attached hydrogen (secondary N) is 1. The molecule has 23 heavy (non-hydrogen) atoms. The van der Waals surface area contributed by atoms with Gasteiger partial charge in [0.05, 0.1) is 17.8 Å². The van der Waals surface area contributed by atoms with Crippen LogP contribution in [0.3, 0.4) is 0 Å². The van der Waals surface area contributed by atoms with Crippen LogP contribution in [-0.4, -0.2) is 38.1 Å². The Morgan fingerprint density at radius 2 is 2.09 bits per heavy atom. The summed E-state index contributed by atoms with van der Waals surface area (Å²) in [6.45, 7) is 1.73. The highest BCUT2D eigenvalue weighted by Gasteiger charge is 2.19. The average Bonchev–Trinajstić information content (AvgIpc) is 2.88. The van der Waals surface area contributed by atoms with Gasteiger partial charge in [-0.15, -0.1) is 11.3 Å². The van der Waals surface area contributed by atoms with Crippen molar-refractivity contribution >= 4 is 27.3 Å². The van der Waals surface area contributed by atoms with E-state index in [1.807, 2.05) is 0 Å². The van der Waals surface area contributed by atoms with Gasteiger partial charge in [-0.2, -0.15) is 0 Å². The number of hydrogen-bond donors (Lipinski definition) is 2. The number of carboxylic acids is 1. The number of benzene rings is 1. The van der Waals surface area contributed by atoms with Crippen molar-refractivity contribution in [3.05, 3.63) is 39.8 Å². The van der Waals surface area contributed by atoms with Crippen molar-refractivity contribution in [1.82, 2.24) is 9.71 Å². The number of hydrogen-bond acceptors (Lipinski definition) is 6. The number of nitrogens with zero attached hydrogens (tertiary/aromatic N) is 1. The summed E-state index contributed by atoms with van der Waals surface area (Å²) in [6.07, 6.45) is 0.313. The van der Waals surface area contributed by atoms with Crippen molar-refractivity contribution in [3.63, 3.8) is 0 Å². The third-order valence-corrected chi connectivity index (χ3v) is 5.73. The highest BCUT2D eigenvalue weighted by molar-refractivity contribution is 7.89. The molecule has 0 saturated heterocycles. The number of carboxylic acid groups (broad SMARTS) is 1. The number of aromatic carboxylic acids is 1. The molecule has 7 nitrogen and oxygen atoms in total. The molecule has 0 aliphatic rings. The lowest BCUT2D eigenvalue weighted by Crippen LogP contribution is -2.26. The molecule has 0 unspecified atom stereocenters. The summed E-state index contributed by atoms with van der Waals surface area (Å²) in [5, 5.41) is 9.56. The van der Waals surface area contributed by atoms with E-state index in [0.717, 1.165) is 11.3 Å². The van der Waals surface area contributed by atoms with Crippen LogP contribution in [0.5, 0.6) is 5.75 Å². The van der Waals surface area contributed by atoms with Gasteiger partial charge >= 0.3 is 5.97 Å². The fourth-order valence-electron chi connectivity index (χ4n) is 1.97. The smallest absolute Gasteiger partial charge is 0.347 e. The van der Waals surface area contributed by atoms with Crippen molar-refractivity contribution in [2.45, 2.75) is 18.2 Å². The van der Waals surface area contributed by atoms with Crippen molar-refractivity contribution < 1.29 is 23.1 Å². The van der Waals surface area contributed by atoms with E-state index in [4.69, 9.17) is 9.84 Å². The maximum atomic E-state index is 12.3. The Bertz CT molecular complexity index is 814. The Labute approximate surface area is 138 Å². The molecule has 124 valence electrons. The van der Waals surface area contributed by atoms with Crippen LogP contribution in [-0.2, 0) is 16.4 Å². The molecule has 1 aromatic heterocycles. The summed E-state index contributed by atoms with van der Waals surface area (Å²) in [6, 6.07) is 6.32. The number of rotatable bonds is 7. The second-order valence-corrected chi connectivity index (χ2v) is 7.44. The third-order valence-electron chi connectivity index (χ3n) is 3.02. The molecule has 0 atom stereocenters. The largest absolute Gasteiger partial charge is 0.495 e. The van der Waals surface area contributed by atoms with Gasteiger partial charge in [0.1, 0.15) is 15.5 Å². The molecule has 0 fully saturated rings. The van der Waals surface area contributed by atoms with Crippen molar-refractivity contribution in [1.29, 1.82) is 0 Å². The molecule has 0 bridgehead atoms. The summed E-state index contributed by atoms with van der Waals surface area (Å²) in [5.41, 5.74) is 0.435. The fourth-order valence-corrected chi connectivity index (χ4v) is 4.07. The van der Waals surface area contributed by atoms with Crippen LogP contribution in [0.4, 0.5) is 0 Å². The molecule has 0 radical (unpaired) electrons. The maximum Gasteiger partial charge on any atom is 0.347 e. The normalized spacial score (nSPS) is 11.4. The molecular weight excluding hydrogens is 340 g/mol. The lowest BCUT2D eigenvalue weighted by Gasteiger charge is -2.09. The number of aryl methyl sites for hydroxylation is 1. The van der Waals surface area contributed by atoms with E-state index >= 15 is 0 Å². The van der Waals surface area contributed by atoms with Gasteiger partial charge in [-0.3, -0.25) is 0 Å². The summed E-state index contributed by atoms with van der Waals surface area (Å²) < 4.78 is 32.1. The minimum atomic E-state index is -3.71. The molecule has 2 N–H and O–H groups in total. The van der Waals surface area contributed by atoms with E-state index in [0.29, 0.717) is 17.1 Å². The fraction of sp³-hybridized carbons (Fsp3) is 0.286. The van der Waals surface area contributed by atoms with Gasteiger partial charge in [0.25, 0.3) is 0 Å². The summed E-state index contributed by atoms with van der Waals surface area (Å²) in [7, 11) is -2.30. The first kappa shape index (κ1) is 17.4. The van der Waals surface area contributed by atoms with Crippen LogP contribution in [0.15, 0.2) is 29.2 Å². The molecule has 0 amide bonds. The predicted octanol–water partition coefficient (Wildman–Crippen LogP) is 1.68. The van der Waals surface area contributed by atoms with Crippen LogP contribution in [0.2, 0.25) is 0 Å². The van der Waals surface area contributed by atoms with Crippen molar-refractivity contribution in [2.24, 2.45) is 0 Å². The molecule has 0 aliphatic heterocycles. The second kappa shape index (κ2) is 7.07. The second-order valence-electron chi connectivity index (χ2n) is 4.63. The van der Waals surface area contributed by atoms with Gasteiger partial charge in [-0.1, -0.05) is 12.1 Å². The standard InChI is InChI=1S/C14H16N2O5S2/c1-9-13(14(17)18)22-12(16-9)7-8-15-23(19,20)11-6-4-3-5-10(11)21-2/h3-6,15H,7-8H2,1-2H3,(H,17,18). The molecular formula is C14H16N2O5S2. The number of thiazole rings is 1. The lowest BCUT2D eigenvalue weighted by molar-refractivity contribution is 0.0701. The average molecular weight is 356 g/mol. The van der Waals surface area contributed by atoms with Crippen LogP contribution < -0.4 is 9.46 Å². The Morgan fingerprint density at radius 1 is 1.39 bits per heavy atom. The van der Waals surface area contributed by atoms with Gasteiger partial charge in [-0.05, 0) is 19.1 Å². The topological polar surface area (TPSA) is 106 Å². The van der Waals surface area contributed by atoms with Gasteiger partial charge in [0, 0.05) is 13.0 Å². The number of carbonyl (C=O) groups is 1. The van der Waals surface area contributed by atoms with E-state index < -0.39 is 16.0 Å². The number of sulfonamides is 1. The monoisotopic (exact) mass is 356 g/mol. The highest BCUT2D eigenvalue weighted by Crippen LogP contribution is 2.23. The molecule has 2 aromatic rings. The van der Waals surface area contributed by atoms with E-state index in [9.17, 15) is 13.2 Å². The third kappa shape index (κ3) is 4.06. The molecule has 0 spiro atoms. The molecule has 1 heterocycles. The Hall–Kier alpha value is -1.97. The first-order valence-corrected chi connectivity index (χ1v) is 8.97. The molecule has 0 saturated carbocycles. The highest BCUT2D eigenvalue weighted by atomic mass is 32.2. The minimum absolute atomic E-state index is 0.0593. The van der Waals surface area contributed by atoms with E-state index in [1.54, 1.807) is 25.1 Å². The quantitative estimate of drug-likeness (QED) is 0.782. The lowest BCUT2D eigenvalue weighted by atomic mass is 10.3. The van der Waals surface area contributed by atoms with Crippen molar-refractivity contribution in [2.75, 3.05) is 13.7 Å². The zero-order valence-electron chi connectivity index (χ0n) is 12.6. The molecule has 2 rings (SSSR count). The maximum absolute atomic E-state index is 12.3. The van der Waals surface area contributed by atoms with E-state index in [1.165, 1.54) is 13.2 Å². The Kier molecular flexibility index (Phi) is 5.34. The van der Waals surface area contributed by atoms with Gasteiger partial charge in [0.15, 0.2) is 0 Å². The number of methoxy groups -OCH3 is 1. The number of ether oxygens (including phenoxy) is 1. The summed E-state index contributed by atoms with van der Waals surface area (Å²) >= 11 is 1.05. The van der Waals surface area contributed by atoms with Crippen LogP contribution in [0.25, 0.3) is 0 Å². The zero-order chi connectivity index (χ0) is 17.0. The first-order chi connectivity index (χ1) is 10.8. The SMILES string of the molecule is COc1ccccc1S(=O)(=O)NCCc1nc(C)c(C(=O)O)s1. The molecule has 9 heteroatoms. The van der Waals surface area contributed by atoms with Crippen LogP contribution in [0.1, 0.15) is 20.4 Å². The van der Waals surface area contributed by atoms with Crippen LogP contribution >= 0.6 is 11.3 Å². The van der Waals surface area contributed by atoms with Crippen molar-refractivity contribution in [3.8, 4) is 5.75 Å². The Balaban J connectivity index is 2.05. The zero-order valence-corrected chi connectivity index (χ0v) is 14.2. The molecule has 0 aliphatic carbocycles. The summed E-state index contributed by atoms with van der Waals surface area (Å²) in [5.74, 6) is -0.765. The first-order valence-electron chi connectivity index (χ1n) is 6.67. The van der Waals surface area contributed by atoms with Gasteiger partial charge in [0.2, 0.25) is 10.0 Å². The Morgan fingerprint density at radius 3 is 2.70 bits per heavy atom. The van der Waals surface area contributed by atoms with E-state index in [2.05, 4.69) is 9.71 Å². The van der Waals surface area contributed by atoms with E-state index in [-0.39, 0.29) is 22.1 Å². The van der Waals surface area contributed by atoms with Gasteiger partial charge < -0.3 is 9.84 Å². The number of para-hydroxylation sites is 1.